The number of aromatic nitrogens is 3. The van der Waals surface area contributed by atoms with Gasteiger partial charge in [0.15, 0.2) is 5.83 Å². The zero-order chi connectivity index (χ0) is 27.5. The molecule has 1 saturated heterocycles. The van der Waals surface area contributed by atoms with Crippen LogP contribution >= 0.6 is 0 Å². The van der Waals surface area contributed by atoms with E-state index in [1.165, 1.54) is 18.4 Å². The van der Waals surface area contributed by atoms with Crippen molar-refractivity contribution in [3.8, 4) is 0 Å². The van der Waals surface area contributed by atoms with Gasteiger partial charge in [-0.3, -0.25) is 14.5 Å². The van der Waals surface area contributed by atoms with Gasteiger partial charge in [-0.1, -0.05) is 24.3 Å². The predicted octanol–water partition coefficient (Wildman–Crippen LogP) is 6.01. The first-order valence-corrected chi connectivity index (χ1v) is 14.5. The van der Waals surface area contributed by atoms with Crippen molar-refractivity contribution in [2.24, 2.45) is 0 Å². The summed E-state index contributed by atoms with van der Waals surface area (Å²) in [5, 5.41) is 4.60. The van der Waals surface area contributed by atoms with E-state index in [2.05, 4.69) is 70.7 Å². The first-order valence-electron chi connectivity index (χ1n) is 14.5. The highest BCUT2D eigenvalue weighted by atomic mass is 19.1. The van der Waals surface area contributed by atoms with E-state index in [0.717, 1.165) is 61.4 Å². The van der Waals surface area contributed by atoms with Crippen LogP contribution in [0.25, 0.3) is 11.9 Å². The molecule has 0 unspecified atom stereocenters. The lowest BCUT2D eigenvalue weighted by atomic mass is 10.1. The molecule has 2 fully saturated rings. The maximum absolute atomic E-state index is 15.2. The van der Waals surface area contributed by atoms with Gasteiger partial charge < -0.3 is 4.90 Å². The quantitative estimate of drug-likeness (QED) is 0.321. The van der Waals surface area contributed by atoms with Crippen LogP contribution in [0.1, 0.15) is 68.6 Å². The summed E-state index contributed by atoms with van der Waals surface area (Å²) in [6.45, 7) is 16.6. The summed E-state index contributed by atoms with van der Waals surface area (Å²) < 4.78 is 17.1. The van der Waals surface area contributed by atoms with Crippen LogP contribution in [0.5, 0.6) is 0 Å². The molecule has 208 valence electrons. The Morgan fingerprint density at radius 3 is 2.31 bits per heavy atom. The van der Waals surface area contributed by atoms with Crippen molar-refractivity contribution in [3.05, 3.63) is 76.7 Å². The normalized spacial score (nSPS) is 17.2. The molecule has 0 N–H and O–H groups in total. The largest absolute Gasteiger partial charge is 0.354 e. The van der Waals surface area contributed by atoms with Gasteiger partial charge in [-0.2, -0.15) is 5.10 Å². The minimum Gasteiger partial charge on any atom is -0.354 e. The second kappa shape index (κ2) is 12.0. The van der Waals surface area contributed by atoms with E-state index in [1.54, 1.807) is 6.08 Å². The molecule has 0 amide bonds. The number of piperazine rings is 1. The fourth-order valence-corrected chi connectivity index (χ4v) is 5.56. The van der Waals surface area contributed by atoms with Crippen LogP contribution in [-0.2, 0) is 13.1 Å². The first kappa shape index (κ1) is 27.5. The van der Waals surface area contributed by atoms with Gasteiger partial charge in [-0.15, -0.1) is 0 Å². The monoisotopic (exact) mass is 530 g/mol. The molecule has 0 spiro atoms. The van der Waals surface area contributed by atoms with Crippen LogP contribution in [0.3, 0.4) is 0 Å². The molecule has 2 aromatic heterocycles. The third kappa shape index (κ3) is 6.95. The van der Waals surface area contributed by atoms with Crippen LogP contribution in [-0.4, -0.2) is 68.9 Å². The summed E-state index contributed by atoms with van der Waals surface area (Å²) in [5.41, 5.74) is 4.50. The lowest BCUT2D eigenvalue weighted by molar-refractivity contribution is 0.166. The Balaban J connectivity index is 1.22. The number of pyridine rings is 1. The molecule has 2 aliphatic rings. The second-order valence-corrected chi connectivity index (χ2v) is 11.7. The van der Waals surface area contributed by atoms with Crippen molar-refractivity contribution in [3.63, 3.8) is 0 Å². The SMILES string of the molecule is Cc1cc(C(F)=Cc2ccc(CN(C(C)C)C(C)C)cc2)nn1Cc1ccnc(N2CCN(C3CC3)CC2)c1. The fraction of sp³-hybridized carbons (Fsp3) is 0.500. The third-order valence-electron chi connectivity index (χ3n) is 8.03. The van der Waals surface area contributed by atoms with Crippen molar-refractivity contribution in [1.29, 1.82) is 0 Å². The Labute approximate surface area is 233 Å². The molecule has 6 nitrogen and oxygen atoms in total. The van der Waals surface area contributed by atoms with Crippen LogP contribution in [0.15, 0.2) is 48.7 Å². The Kier molecular flexibility index (Phi) is 8.48. The van der Waals surface area contributed by atoms with Gasteiger partial charge in [-0.25, -0.2) is 9.37 Å². The smallest absolute Gasteiger partial charge is 0.151 e. The van der Waals surface area contributed by atoms with Crippen LogP contribution in [0, 0.1) is 6.92 Å². The molecule has 1 aliphatic heterocycles. The van der Waals surface area contributed by atoms with E-state index in [0.29, 0.717) is 24.3 Å². The number of benzene rings is 1. The highest BCUT2D eigenvalue weighted by molar-refractivity contribution is 5.75. The molecular formula is C32H43FN6. The summed E-state index contributed by atoms with van der Waals surface area (Å²) >= 11 is 0. The lowest BCUT2D eigenvalue weighted by Crippen LogP contribution is -2.47. The minimum atomic E-state index is -0.320. The summed E-state index contributed by atoms with van der Waals surface area (Å²) in [6.07, 6.45) is 6.17. The van der Waals surface area contributed by atoms with Crippen LogP contribution < -0.4 is 4.90 Å². The number of aryl methyl sites for hydroxylation is 1. The molecule has 3 aromatic rings. The molecule has 0 bridgehead atoms. The molecule has 7 heteroatoms. The summed E-state index contributed by atoms with van der Waals surface area (Å²) in [5.74, 6) is 0.701. The maximum Gasteiger partial charge on any atom is 0.151 e. The van der Waals surface area contributed by atoms with Crippen molar-refractivity contribution >= 4 is 17.7 Å². The molecule has 1 saturated carbocycles. The van der Waals surface area contributed by atoms with E-state index in [1.807, 2.05) is 42.1 Å². The Morgan fingerprint density at radius 2 is 1.67 bits per heavy atom. The van der Waals surface area contributed by atoms with Crippen LogP contribution in [0.2, 0.25) is 0 Å². The lowest BCUT2D eigenvalue weighted by Gasteiger charge is -2.35. The average Bonchev–Trinajstić information content (AvgIpc) is 3.71. The Morgan fingerprint density at radius 1 is 0.974 bits per heavy atom. The van der Waals surface area contributed by atoms with Crippen molar-refractivity contribution in [2.75, 3.05) is 31.1 Å². The third-order valence-corrected chi connectivity index (χ3v) is 8.03. The zero-order valence-corrected chi connectivity index (χ0v) is 24.1. The fourth-order valence-electron chi connectivity index (χ4n) is 5.56. The van der Waals surface area contributed by atoms with E-state index < -0.39 is 0 Å². The number of anilines is 1. The van der Waals surface area contributed by atoms with Crippen molar-refractivity contribution < 1.29 is 4.39 Å². The number of hydrogen-bond acceptors (Lipinski definition) is 5. The number of halogens is 1. The van der Waals surface area contributed by atoms with Gasteiger partial charge in [0.2, 0.25) is 0 Å². The number of rotatable bonds is 10. The molecule has 0 radical (unpaired) electrons. The van der Waals surface area contributed by atoms with Crippen LogP contribution in [0.4, 0.5) is 10.2 Å². The molecule has 5 rings (SSSR count). The topological polar surface area (TPSA) is 40.4 Å². The minimum absolute atomic E-state index is 0.320. The van der Waals surface area contributed by atoms with Gasteiger partial charge >= 0.3 is 0 Å². The molecule has 39 heavy (non-hydrogen) atoms. The van der Waals surface area contributed by atoms with Gasteiger partial charge in [0.1, 0.15) is 11.5 Å². The summed E-state index contributed by atoms with van der Waals surface area (Å²) in [6, 6.07) is 15.9. The maximum atomic E-state index is 15.2. The highest BCUT2D eigenvalue weighted by Crippen LogP contribution is 2.28. The van der Waals surface area contributed by atoms with E-state index >= 15 is 4.39 Å². The predicted molar refractivity (Wildman–Crippen MR) is 158 cm³/mol. The summed E-state index contributed by atoms with van der Waals surface area (Å²) in [7, 11) is 0. The standard InChI is InChI=1S/C32H43FN6/c1-23(2)38(24(3)4)21-27-8-6-26(7-9-27)19-30(33)31-18-25(5)39(35-31)22-28-12-13-34-32(20-28)37-16-14-36(15-17-37)29-10-11-29/h6-9,12-13,18-20,23-24,29H,10-11,14-17,21-22H2,1-5H3. The molecule has 1 aromatic carbocycles. The molecule has 0 atom stereocenters. The zero-order valence-electron chi connectivity index (χ0n) is 24.1. The van der Waals surface area contributed by atoms with Gasteiger partial charge in [0, 0.05) is 62.7 Å². The second-order valence-electron chi connectivity index (χ2n) is 11.7. The Hall–Kier alpha value is -3.03. The van der Waals surface area contributed by atoms with Gasteiger partial charge in [-0.05, 0) is 88.4 Å². The highest BCUT2D eigenvalue weighted by Gasteiger charge is 2.31. The van der Waals surface area contributed by atoms with Gasteiger partial charge in [0.05, 0.1) is 6.54 Å². The van der Waals surface area contributed by atoms with E-state index in [4.69, 9.17) is 0 Å². The van der Waals surface area contributed by atoms with E-state index in [-0.39, 0.29) is 5.83 Å². The average molecular weight is 531 g/mol. The molecular weight excluding hydrogens is 487 g/mol. The molecule has 1 aliphatic carbocycles. The van der Waals surface area contributed by atoms with Gasteiger partial charge in [0.25, 0.3) is 0 Å². The van der Waals surface area contributed by atoms with E-state index in [9.17, 15) is 0 Å². The number of nitrogens with zero attached hydrogens (tertiary/aromatic N) is 6. The Bertz CT molecular complexity index is 1260. The van der Waals surface area contributed by atoms with Crippen molar-refractivity contribution in [2.45, 2.75) is 78.7 Å². The molecule has 3 heterocycles. The first-order chi connectivity index (χ1) is 18.8. The number of hydrogen-bond donors (Lipinski definition) is 0. The van der Waals surface area contributed by atoms with Crippen molar-refractivity contribution in [1.82, 2.24) is 24.6 Å². The summed E-state index contributed by atoms with van der Waals surface area (Å²) in [4.78, 5) is 12.1.